The SMILES string of the molecule is CCCCc1nc(N)nc2nc(N)c(-c3ccccc3)cc12. The standard InChI is InChI=1S/C17H19N5/c1-2-3-9-14-13-10-12(11-7-5-4-6-8-11)15(18)21-16(13)22-17(19)20-14/h4-8,10H,2-3,9H2,1H3,(H4,18,19,20,21,22). The lowest BCUT2D eigenvalue weighted by molar-refractivity contribution is 0.781. The lowest BCUT2D eigenvalue weighted by Gasteiger charge is -2.10. The Balaban J connectivity index is 2.20. The molecular weight excluding hydrogens is 274 g/mol. The lowest BCUT2D eigenvalue weighted by Crippen LogP contribution is -2.04. The number of pyridine rings is 1. The molecule has 5 heteroatoms. The maximum atomic E-state index is 6.11. The van der Waals surface area contributed by atoms with Crippen molar-refractivity contribution in [2.24, 2.45) is 0 Å². The molecule has 0 aliphatic heterocycles. The highest BCUT2D eigenvalue weighted by Gasteiger charge is 2.12. The van der Waals surface area contributed by atoms with Crippen LogP contribution in [0.15, 0.2) is 36.4 Å². The van der Waals surface area contributed by atoms with Crippen molar-refractivity contribution in [3.8, 4) is 11.1 Å². The van der Waals surface area contributed by atoms with Gasteiger partial charge in [0.1, 0.15) is 5.82 Å². The molecule has 2 aromatic heterocycles. The number of unbranched alkanes of at least 4 members (excludes halogenated alkanes) is 1. The first-order valence-corrected chi connectivity index (χ1v) is 7.47. The molecule has 0 unspecified atom stereocenters. The van der Waals surface area contributed by atoms with Crippen LogP contribution in [0.3, 0.4) is 0 Å². The number of nitrogen functional groups attached to an aromatic ring is 2. The van der Waals surface area contributed by atoms with Crippen LogP contribution in [0, 0.1) is 0 Å². The van der Waals surface area contributed by atoms with Gasteiger partial charge in [0, 0.05) is 10.9 Å². The monoisotopic (exact) mass is 293 g/mol. The highest BCUT2D eigenvalue weighted by Crippen LogP contribution is 2.29. The molecule has 3 rings (SSSR count). The van der Waals surface area contributed by atoms with Crippen LogP contribution < -0.4 is 11.5 Å². The van der Waals surface area contributed by atoms with Crippen molar-refractivity contribution in [1.82, 2.24) is 15.0 Å². The van der Waals surface area contributed by atoms with Gasteiger partial charge in [0.25, 0.3) is 0 Å². The Morgan fingerprint density at radius 1 is 1.00 bits per heavy atom. The van der Waals surface area contributed by atoms with Gasteiger partial charge in [0.05, 0.1) is 5.69 Å². The quantitative estimate of drug-likeness (QED) is 0.770. The van der Waals surface area contributed by atoms with Crippen LogP contribution in [0.5, 0.6) is 0 Å². The van der Waals surface area contributed by atoms with Crippen molar-refractivity contribution >= 4 is 22.8 Å². The highest BCUT2D eigenvalue weighted by molar-refractivity contribution is 5.88. The van der Waals surface area contributed by atoms with Crippen molar-refractivity contribution in [3.63, 3.8) is 0 Å². The minimum atomic E-state index is 0.248. The molecular formula is C17H19N5. The summed E-state index contributed by atoms with van der Waals surface area (Å²) >= 11 is 0. The summed E-state index contributed by atoms with van der Waals surface area (Å²) in [5.41, 5.74) is 15.3. The molecule has 0 saturated heterocycles. The van der Waals surface area contributed by atoms with Gasteiger partial charge in [-0.2, -0.15) is 4.98 Å². The average molecular weight is 293 g/mol. The number of aryl methyl sites for hydroxylation is 1. The normalized spacial score (nSPS) is 11.0. The van der Waals surface area contributed by atoms with E-state index in [1.54, 1.807) is 0 Å². The van der Waals surface area contributed by atoms with Gasteiger partial charge in [-0.3, -0.25) is 0 Å². The first-order chi connectivity index (χ1) is 10.7. The molecule has 112 valence electrons. The van der Waals surface area contributed by atoms with Crippen LogP contribution in [0.4, 0.5) is 11.8 Å². The van der Waals surface area contributed by atoms with E-state index >= 15 is 0 Å². The van der Waals surface area contributed by atoms with E-state index in [0.717, 1.165) is 41.5 Å². The van der Waals surface area contributed by atoms with Crippen LogP contribution in [0.2, 0.25) is 0 Å². The molecule has 2 heterocycles. The number of hydrogen-bond donors (Lipinski definition) is 2. The summed E-state index contributed by atoms with van der Waals surface area (Å²) < 4.78 is 0. The fourth-order valence-electron chi connectivity index (χ4n) is 2.53. The second-order valence-corrected chi connectivity index (χ2v) is 5.29. The number of benzene rings is 1. The Labute approximate surface area is 129 Å². The van der Waals surface area contributed by atoms with Crippen molar-refractivity contribution in [3.05, 3.63) is 42.1 Å². The van der Waals surface area contributed by atoms with Crippen molar-refractivity contribution in [2.75, 3.05) is 11.5 Å². The van der Waals surface area contributed by atoms with Gasteiger partial charge in [-0.25, -0.2) is 9.97 Å². The van der Waals surface area contributed by atoms with E-state index in [9.17, 15) is 0 Å². The first-order valence-electron chi connectivity index (χ1n) is 7.47. The molecule has 0 aliphatic rings. The summed E-state index contributed by atoms with van der Waals surface area (Å²) in [6.45, 7) is 2.15. The number of anilines is 2. The van der Waals surface area contributed by atoms with E-state index < -0.39 is 0 Å². The molecule has 0 radical (unpaired) electrons. The zero-order chi connectivity index (χ0) is 15.5. The Hall–Kier alpha value is -2.69. The third kappa shape index (κ3) is 2.70. The van der Waals surface area contributed by atoms with Crippen LogP contribution in [0.25, 0.3) is 22.2 Å². The largest absolute Gasteiger partial charge is 0.383 e. The van der Waals surface area contributed by atoms with Gasteiger partial charge in [0.2, 0.25) is 5.95 Å². The third-order valence-electron chi connectivity index (χ3n) is 3.66. The minimum Gasteiger partial charge on any atom is -0.383 e. The zero-order valence-corrected chi connectivity index (χ0v) is 12.6. The fraction of sp³-hybridized carbons (Fsp3) is 0.235. The van der Waals surface area contributed by atoms with Crippen LogP contribution in [0.1, 0.15) is 25.5 Å². The Bertz CT molecular complexity index is 799. The van der Waals surface area contributed by atoms with E-state index in [0.29, 0.717) is 11.5 Å². The smallest absolute Gasteiger partial charge is 0.222 e. The van der Waals surface area contributed by atoms with E-state index in [1.165, 1.54) is 0 Å². The van der Waals surface area contributed by atoms with Crippen molar-refractivity contribution < 1.29 is 0 Å². The second kappa shape index (κ2) is 5.97. The molecule has 3 aromatic rings. The second-order valence-electron chi connectivity index (χ2n) is 5.29. The van der Waals surface area contributed by atoms with Crippen LogP contribution >= 0.6 is 0 Å². The Morgan fingerprint density at radius 2 is 1.77 bits per heavy atom. The number of aromatic nitrogens is 3. The molecule has 0 fully saturated rings. The van der Waals surface area contributed by atoms with E-state index in [-0.39, 0.29) is 5.95 Å². The molecule has 0 spiro atoms. The van der Waals surface area contributed by atoms with E-state index in [1.807, 2.05) is 36.4 Å². The van der Waals surface area contributed by atoms with Crippen LogP contribution in [-0.2, 0) is 6.42 Å². The molecule has 0 amide bonds. The molecule has 1 aromatic carbocycles. The summed E-state index contributed by atoms with van der Waals surface area (Å²) in [6, 6.07) is 12.0. The van der Waals surface area contributed by atoms with Crippen molar-refractivity contribution in [1.29, 1.82) is 0 Å². The predicted octanol–water partition coefficient (Wildman–Crippen LogP) is 3.20. The Morgan fingerprint density at radius 3 is 2.50 bits per heavy atom. The average Bonchev–Trinajstić information content (AvgIpc) is 2.52. The predicted molar refractivity (Wildman–Crippen MR) is 90.2 cm³/mol. The number of fused-ring (bicyclic) bond motifs is 1. The number of nitrogens with two attached hydrogens (primary N) is 2. The Kier molecular flexibility index (Phi) is 3.87. The van der Waals surface area contributed by atoms with E-state index in [4.69, 9.17) is 11.5 Å². The van der Waals surface area contributed by atoms with Gasteiger partial charge >= 0.3 is 0 Å². The van der Waals surface area contributed by atoms with Gasteiger partial charge < -0.3 is 11.5 Å². The van der Waals surface area contributed by atoms with Gasteiger partial charge in [-0.05, 0) is 24.5 Å². The minimum absolute atomic E-state index is 0.248. The van der Waals surface area contributed by atoms with Gasteiger partial charge in [-0.1, -0.05) is 43.7 Å². The number of hydrogen-bond acceptors (Lipinski definition) is 5. The summed E-state index contributed by atoms with van der Waals surface area (Å²) in [4.78, 5) is 13.0. The summed E-state index contributed by atoms with van der Waals surface area (Å²) in [5.74, 6) is 0.705. The van der Waals surface area contributed by atoms with Crippen LogP contribution in [-0.4, -0.2) is 15.0 Å². The van der Waals surface area contributed by atoms with Gasteiger partial charge in [-0.15, -0.1) is 0 Å². The van der Waals surface area contributed by atoms with E-state index in [2.05, 4.69) is 21.9 Å². The summed E-state index contributed by atoms with van der Waals surface area (Å²) in [6.07, 6.45) is 3.01. The van der Waals surface area contributed by atoms with Crippen molar-refractivity contribution in [2.45, 2.75) is 26.2 Å². The fourth-order valence-corrected chi connectivity index (χ4v) is 2.53. The summed E-state index contributed by atoms with van der Waals surface area (Å²) in [5, 5.41) is 0.927. The zero-order valence-electron chi connectivity index (χ0n) is 12.6. The van der Waals surface area contributed by atoms with Gasteiger partial charge in [0.15, 0.2) is 5.65 Å². The lowest BCUT2D eigenvalue weighted by atomic mass is 10.0. The maximum absolute atomic E-state index is 6.11. The topological polar surface area (TPSA) is 90.7 Å². The number of rotatable bonds is 4. The molecule has 5 nitrogen and oxygen atoms in total. The maximum Gasteiger partial charge on any atom is 0.222 e. The summed E-state index contributed by atoms with van der Waals surface area (Å²) in [7, 11) is 0. The molecule has 0 atom stereocenters. The molecule has 0 saturated carbocycles. The highest BCUT2D eigenvalue weighted by atomic mass is 15.0. The molecule has 0 bridgehead atoms. The third-order valence-corrected chi connectivity index (χ3v) is 3.66. The number of nitrogens with zero attached hydrogens (tertiary/aromatic N) is 3. The molecule has 4 N–H and O–H groups in total. The molecule has 0 aliphatic carbocycles. The molecule has 22 heavy (non-hydrogen) atoms. The first kappa shape index (κ1) is 14.3.